The average molecular weight is 289 g/mol. The van der Waals surface area contributed by atoms with Gasteiger partial charge in [-0.25, -0.2) is 8.42 Å². The number of carbonyl (C=O) groups is 1. The lowest BCUT2D eigenvalue weighted by molar-refractivity contribution is -0.143. The molecule has 1 heterocycles. The molecule has 0 spiro atoms. The molecule has 1 aliphatic carbocycles. The highest BCUT2D eigenvalue weighted by Gasteiger charge is 2.39. The van der Waals surface area contributed by atoms with Crippen LogP contribution in [0.5, 0.6) is 0 Å². The summed E-state index contributed by atoms with van der Waals surface area (Å²) in [6.07, 6.45) is 2.40. The monoisotopic (exact) mass is 289 g/mol. The minimum Gasteiger partial charge on any atom is -0.371 e. The summed E-state index contributed by atoms with van der Waals surface area (Å²) in [5.74, 6) is -0.108. The van der Waals surface area contributed by atoms with Crippen LogP contribution in [0.3, 0.4) is 0 Å². The maximum atomic E-state index is 12.1. The number of hydrogen-bond acceptors (Lipinski definition) is 4. The van der Waals surface area contributed by atoms with E-state index in [0.29, 0.717) is 19.0 Å². The molecule has 1 aliphatic heterocycles. The third-order valence-corrected chi connectivity index (χ3v) is 5.91. The lowest BCUT2D eigenvalue weighted by atomic mass is 10.1. The van der Waals surface area contributed by atoms with Crippen LogP contribution < -0.4 is 0 Å². The zero-order chi connectivity index (χ0) is 14.2. The molecule has 1 saturated heterocycles. The second-order valence-electron chi connectivity index (χ2n) is 5.98. The van der Waals surface area contributed by atoms with Gasteiger partial charge in [0, 0.05) is 13.1 Å². The number of sulfone groups is 1. The molecular formula is C13H23NO4S. The molecule has 2 fully saturated rings. The van der Waals surface area contributed by atoms with Gasteiger partial charge >= 0.3 is 0 Å². The molecule has 0 aromatic heterocycles. The smallest absolute Gasteiger partial charge is 0.237 e. The quantitative estimate of drug-likeness (QED) is 0.769. The Labute approximate surface area is 115 Å². The van der Waals surface area contributed by atoms with Gasteiger partial charge < -0.3 is 9.64 Å². The van der Waals surface area contributed by atoms with Crippen molar-refractivity contribution in [2.45, 2.75) is 51.1 Å². The molecule has 2 atom stereocenters. The van der Waals surface area contributed by atoms with Gasteiger partial charge in [0.1, 0.15) is 5.75 Å². The Morgan fingerprint density at radius 1 is 1.32 bits per heavy atom. The fraction of sp³-hybridized carbons (Fsp3) is 0.923. The van der Waals surface area contributed by atoms with Crippen LogP contribution in [0.1, 0.15) is 33.6 Å². The minimum absolute atomic E-state index is 0.00921. The van der Waals surface area contributed by atoms with E-state index >= 15 is 0 Å². The number of rotatable bonds is 4. The summed E-state index contributed by atoms with van der Waals surface area (Å²) in [7, 11) is -3.32. The van der Waals surface area contributed by atoms with Crippen molar-refractivity contribution < 1.29 is 17.9 Å². The molecule has 0 radical (unpaired) electrons. The number of ether oxygens (including phenoxy) is 1. The first kappa shape index (κ1) is 14.8. The van der Waals surface area contributed by atoms with Crippen LogP contribution in [0.4, 0.5) is 0 Å². The van der Waals surface area contributed by atoms with Crippen molar-refractivity contribution in [1.82, 2.24) is 4.90 Å². The Hall–Kier alpha value is -0.620. The van der Waals surface area contributed by atoms with E-state index < -0.39 is 15.1 Å². The van der Waals surface area contributed by atoms with Gasteiger partial charge in [-0.15, -0.1) is 0 Å². The van der Waals surface area contributed by atoms with Gasteiger partial charge in [-0.2, -0.15) is 0 Å². The first-order valence-corrected chi connectivity index (χ1v) is 8.66. The molecule has 0 N–H and O–H groups in total. The second-order valence-corrected chi connectivity index (χ2v) is 8.53. The first-order valence-electron chi connectivity index (χ1n) is 6.94. The summed E-state index contributed by atoms with van der Waals surface area (Å²) >= 11 is 0. The van der Waals surface area contributed by atoms with Crippen molar-refractivity contribution in [3.63, 3.8) is 0 Å². The van der Waals surface area contributed by atoms with Crippen LogP contribution in [0.25, 0.3) is 0 Å². The van der Waals surface area contributed by atoms with Gasteiger partial charge in [-0.3, -0.25) is 4.79 Å². The molecule has 2 rings (SSSR count). The average Bonchev–Trinajstić information content (AvgIpc) is 3.11. The van der Waals surface area contributed by atoms with Crippen LogP contribution in [-0.4, -0.2) is 55.5 Å². The predicted octanol–water partition coefficient (Wildman–Crippen LogP) is 0.835. The van der Waals surface area contributed by atoms with E-state index in [4.69, 9.17) is 4.74 Å². The van der Waals surface area contributed by atoms with E-state index in [-0.39, 0.29) is 23.9 Å². The van der Waals surface area contributed by atoms with Gasteiger partial charge in [-0.1, -0.05) is 0 Å². The van der Waals surface area contributed by atoms with Crippen LogP contribution in [0.2, 0.25) is 0 Å². The van der Waals surface area contributed by atoms with Gasteiger partial charge in [-0.05, 0) is 39.5 Å². The Balaban J connectivity index is 1.98. The number of amides is 1. The minimum atomic E-state index is -3.32. The van der Waals surface area contributed by atoms with Crippen LogP contribution in [-0.2, 0) is 19.4 Å². The van der Waals surface area contributed by atoms with E-state index in [9.17, 15) is 13.2 Å². The van der Waals surface area contributed by atoms with Gasteiger partial charge in [0.25, 0.3) is 0 Å². The van der Waals surface area contributed by atoms with Crippen molar-refractivity contribution >= 4 is 15.7 Å². The van der Waals surface area contributed by atoms with E-state index in [1.807, 2.05) is 6.92 Å². The molecule has 2 unspecified atom stereocenters. The number of carbonyl (C=O) groups excluding carboxylic acids is 1. The van der Waals surface area contributed by atoms with Crippen LogP contribution in [0.15, 0.2) is 0 Å². The highest BCUT2D eigenvalue weighted by Crippen LogP contribution is 2.36. The predicted molar refractivity (Wildman–Crippen MR) is 72.6 cm³/mol. The highest BCUT2D eigenvalue weighted by atomic mass is 32.2. The third kappa shape index (κ3) is 3.69. The molecule has 1 saturated carbocycles. The Morgan fingerprint density at radius 3 is 2.47 bits per heavy atom. The standard InChI is InChI=1S/C13H23NO4S/c1-9(2)19(16,17)8-13(15)14-6-10(3)18-12(7-14)11-4-5-11/h9-12H,4-8H2,1-3H3. The lowest BCUT2D eigenvalue weighted by Crippen LogP contribution is -2.51. The molecule has 5 nitrogen and oxygen atoms in total. The van der Waals surface area contributed by atoms with Gasteiger partial charge in [0.2, 0.25) is 5.91 Å². The Kier molecular flexibility index (Phi) is 4.20. The summed E-state index contributed by atoms with van der Waals surface area (Å²) in [4.78, 5) is 13.8. The van der Waals surface area contributed by atoms with Crippen LogP contribution >= 0.6 is 0 Å². The van der Waals surface area contributed by atoms with Crippen molar-refractivity contribution in [2.24, 2.45) is 5.92 Å². The van der Waals surface area contributed by atoms with Crippen molar-refractivity contribution in [3.05, 3.63) is 0 Å². The second kappa shape index (κ2) is 5.40. The van der Waals surface area contributed by atoms with Crippen molar-refractivity contribution in [3.8, 4) is 0 Å². The van der Waals surface area contributed by atoms with E-state index in [1.54, 1.807) is 18.7 Å². The molecule has 110 valence electrons. The summed E-state index contributed by atoms with van der Waals surface area (Å²) in [5.41, 5.74) is 0. The summed E-state index contributed by atoms with van der Waals surface area (Å²) in [5, 5.41) is -0.505. The number of hydrogen-bond donors (Lipinski definition) is 0. The molecule has 6 heteroatoms. The number of nitrogens with zero attached hydrogens (tertiary/aromatic N) is 1. The van der Waals surface area contributed by atoms with Gasteiger partial charge in [0.05, 0.1) is 17.5 Å². The van der Waals surface area contributed by atoms with Crippen LogP contribution in [0, 0.1) is 5.92 Å². The zero-order valence-electron chi connectivity index (χ0n) is 11.8. The maximum Gasteiger partial charge on any atom is 0.237 e. The SMILES string of the molecule is CC1CN(C(=O)CS(=O)(=O)C(C)C)CC(C2CC2)O1. The molecule has 1 amide bonds. The molecule has 2 aliphatic rings. The normalized spacial score (nSPS) is 28.7. The fourth-order valence-corrected chi connectivity index (χ4v) is 3.21. The van der Waals surface area contributed by atoms with E-state index in [2.05, 4.69) is 0 Å². The third-order valence-electron chi connectivity index (χ3n) is 3.83. The molecular weight excluding hydrogens is 266 g/mol. The summed E-state index contributed by atoms with van der Waals surface area (Å²) < 4.78 is 29.5. The molecule has 0 aromatic rings. The largest absolute Gasteiger partial charge is 0.371 e. The summed E-state index contributed by atoms with van der Waals surface area (Å²) in [6.45, 7) is 6.19. The highest BCUT2D eigenvalue weighted by molar-refractivity contribution is 7.92. The molecule has 0 aromatic carbocycles. The van der Waals surface area contributed by atoms with E-state index in [0.717, 1.165) is 12.8 Å². The van der Waals surface area contributed by atoms with Crippen molar-refractivity contribution in [1.29, 1.82) is 0 Å². The Morgan fingerprint density at radius 2 is 1.95 bits per heavy atom. The lowest BCUT2D eigenvalue weighted by Gasteiger charge is -2.37. The maximum absolute atomic E-state index is 12.1. The topological polar surface area (TPSA) is 63.7 Å². The Bertz CT molecular complexity index is 442. The summed E-state index contributed by atoms with van der Waals surface area (Å²) in [6, 6.07) is 0. The van der Waals surface area contributed by atoms with E-state index in [1.165, 1.54) is 0 Å². The number of morpholine rings is 1. The molecule has 19 heavy (non-hydrogen) atoms. The molecule has 0 bridgehead atoms. The zero-order valence-corrected chi connectivity index (χ0v) is 12.6. The van der Waals surface area contributed by atoms with Gasteiger partial charge in [0.15, 0.2) is 9.84 Å². The fourth-order valence-electron chi connectivity index (χ4n) is 2.35. The van der Waals surface area contributed by atoms with Crippen molar-refractivity contribution in [2.75, 3.05) is 18.8 Å². The first-order chi connectivity index (χ1) is 8.79.